The van der Waals surface area contributed by atoms with Crippen molar-refractivity contribution in [3.05, 3.63) is 52.3 Å². The lowest BCUT2D eigenvalue weighted by atomic mass is 10.3. The van der Waals surface area contributed by atoms with E-state index < -0.39 is 5.82 Å². The zero-order chi connectivity index (χ0) is 12.4. The molecule has 0 bridgehead atoms. The maximum Gasteiger partial charge on any atom is 0.147 e. The van der Waals surface area contributed by atoms with Crippen molar-refractivity contribution < 1.29 is 4.39 Å². The lowest BCUT2D eigenvalue weighted by Crippen LogP contribution is -1.92. The SMILES string of the molecule is Nc1c(F)cccc1Sc1cc(Cl)ccc1Cl. The molecule has 0 aromatic heterocycles. The zero-order valence-corrected chi connectivity index (χ0v) is 10.9. The van der Waals surface area contributed by atoms with Crippen molar-refractivity contribution in [1.82, 2.24) is 0 Å². The van der Waals surface area contributed by atoms with Crippen molar-refractivity contribution >= 4 is 40.7 Å². The summed E-state index contributed by atoms with van der Waals surface area (Å²) >= 11 is 13.2. The topological polar surface area (TPSA) is 26.0 Å². The van der Waals surface area contributed by atoms with E-state index in [9.17, 15) is 4.39 Å². The highest BCUT2D eigenvalue weighted by Gasteiger charge is 2.09. The molecule has 0 radical (unpaired) electrons. The third-order valence-electron chi connectivity index (χ3n) is 2.13. The Kier molecular flexibility index (Phi) is 3.82. The van der Waals surface area contributed by atoms with Crippen molar-refractivity contribution in [2.24, 2.45) is 0 Å². The minimum atomic E-state index is -0.437. The van der Waals surface area contributed by atoms with Crippen LogP contribution < -0.4 is 5.73 Å². The second-order valence-corrected chi connectivity index (χ2v) is 5.26. The molecule has 0 aliphatic heterocycles. The second kappa shape index (κ2) is 5.17. The van der Waals surface area contributed by atoms with Gasteiger partial charge in [-0.15, -0.1) is 0 Å². The number of hydrogen-bond donors (Lipinski definition) is 1. The monoisotopic (exact) mass is 287 g/mol. The predicted molar refractivity (Wildman–Crippen MR) is 71.4 cm³/mol. The van der Waals surface area contributed by atoms with E-state index in [4.69, 9.17) is 28.9 Å². The molecule has 0 aliphatic carbocycles. The van der Waals surface area contributed by atoms with Gasteiger partial charge in [0, 0.05) is 14.8 Å². The Morgan fingerprint density at radius 3 is 2.59 bits per heavy atom. The summed E-state index contributed by atoms with van der Waals surface area (Å²) in [6, 6.07) is 9.77. The first-order valence-electron chi connectivity index (χ1n) is 4.75. The van der Waals surface area contributed by atoms with Gasteiger partial charge in [0.05, 0.1) is 10.7 Å². The Morgan fingerprint density at radius 2 is 1.82 bits per heavy atom. The van der Waals surface area contributed by atoms with Crippen LogP contribution in [0.3, 0.4) is 0 Å². The molecule has 0 spiro atoms. The number of hydrogen-bond acceptors (Lipinski definition) is 2. The van der Waals surface area contributed by atoms with Gasteiger partial charge < -0.3 is 5.73 Å². The number of nitrogens with two attached hydrogens (primary N) is 1. The van der Waals surface area contributed by atoms with Gasteiger partial charge >= 0.3 is 0 Å². The van der Waals surface area contributed by atoms with Crippen molar-refractivity contribution in [1.29, 1.82) is 0 Å². The van der Waals surface area contributed by atoms with Crippen molar-refractivity contribution in [2.75, 3.05) is 5.73 Å². The van der Waals surface area contributed by atoms with Gasteiger partial charge in [0.1, 0.15) is 5.82 Å². The minimum Gasteiger partial charge on any atom is -0.395 e. The molecule has 1 nitrogen and oxygen atoms in total. The molecule has 0 saturated heterocycles. The summed E-state index contributed by atoms with van der Waals surface area (Å²) in [5.41, 5.74) is 5.77. The van der Waals surface area contributed by atoms with Gasteiger partial charge in [0.2, 0.25) is 0 Å². The molecule has 5 heteroatoms. The van der Waals surface area contributed by atoms with E-state index in [1.807, 2.05) is 0 Å². The van der Waals surface area contributed by atoms with Crippen LogP contribution in [0.4, 0.5) is 10.1 Å². The van der Waals surface area contributed by atoms with E-state index >= 15 is 0 Å². The first-order valence-corrected chi connectivity index (χ1v) is 6.32. The zero-order valence-electron chi connectivity index (χ0n) is 8.58. The van der Waals surface area contributed by atoms with Crippen LogP contribution in [0.2, 0.25) is 10.0 Å². The predicted octanol–water partition coefficient (Wildman–Crippen LogP) is 4.87. The largest absolute Gasteiger partial charge is 0.395 e. The van der Waals surface area contributed by atoms with E-state index in [-0.39, 0.29) is 5.69 Å². The minimum absolute atomic E-state index is 0.119. The molecule has 0 heterocycles. The molecule has 2 aromatic carbocycles. The number of para-hydroxylation sites is 1. The van der Waals surface area contributed by atoms with E-state index in [1.165, 1.54) is 17.8 Å². The quantitative estimate of drug-likeness (QED) is 0.798. The molecule has 2 N–H and O–H groups in total. The molecule has 0 aliphatic rings. The molecular formula is C12H8Cl2FNS. The molecule has 17 heavy (non-hydrogen) atoms. The van der Waals surface area contributed by atoms with Gasteiger partial charge in [-0.05, 0) is 30.3 Å². The lowest BCUT2D eigenvalue weighted by Gasteiger charge is -2.07. The van der Waals surface area contributed by atoms with Gasteiger partial charge in [-0.2, -0.15) is 0 Å². The lowest BCUT2D eigenvalue weighted by molar-refractivity contribution is 0.629. The van der Waals surface area contributed by atoms with Crippen molar-refractivity contribution in [3.63, 3.8) is 0 Å². The fourth-order valence-corrected chi connectivity index (χ4v) is 2.69. The highest BCUT2D eigenvalue weighted by atomic mass is 35.5. The highest BCUT2D eigenvalue weighted by Crippen LogP contribution is 2.38. The Bertz CT molecular complexity index is 560. The maximum atomic E-state index is 13.3. The molecular weight excluding hydrogens is 280 g/mol. The third kappa shape index (κ3) is 2.86. The maximum absolute atomic E-state index is 13.3. The molecule has 0 amide bonds. The first-order chi connectivity index (χ1) is 8.08. The third-order valence-corrected chi connectivity index (χ3v) is 3.94. The molecule has 0 unspecified atom stereocenters. The first kappa shape index (κ1) is 12.6. The summed E-state index contributed by atoms with van der Waals surface area (Å²) in [7, 11) is 0. The number of anilines is 1. The molecule has 0 fully saturated rings. The Labute approximate surface area is 113 Å². The summed E-state index contributed by atoms with van der Waals surface area (Å²) in [5, 5.41) is 1.13. The number of halogens is 3. The van der Waals surface area contributed by atoms with Gasteiger partial charge in [-0.25, -0.2) is 4.39 Å². The summed E-state index contributed by atoms with van der Waals surface area (Å²) in [6.07, 6.45) is 0. The van der Waals surface area contributed by atoms with Crippen LogP contribution in [-0.2, 0) is 0 Å². The molecule has 2 rings (SSSR count). The normalized spacial score (nSPS) is 10.5. The fourth-order valence-electron chi connectivity index (χ4n) is 1.28. The summed E-state index contributed by atoms with van der Waals surface area (Å²) in [6.45, 7) is 0. The molecule has 88 valence electrons. The van der Waals surface area contributed by atoms with E-state index in [0.29, 0.717) is 14.9 Å². The van der Waals surface area contributed by atoms with Crippen LogP contribution in [-0.4, -0.2) is 0 Å². The second-order valence-electron chi connectivity index (χ2n) is 3.33. The number of benzene rings is 2. The average molecular weight is 288 g/mol. The molecule has 0 atom stereocenters. The fraction of sp³-hybridized carbons (Fsp3) is 0. The van der Waals surface area contributed by atoms with Gasteiger partial charge in [0.25, 0.3) is 0 Å². The molecule has 2 aromatic rings. The van der Waals surface area contributed by atoms with Gasteiger partial charge in [-0.3, -0.25) is 0 Å². The summed E-state index contributed by atoms with van der Waals surface area (Å²) in [4.78, 5) is 1.37. The van der Waals surface area contributed by atoms with Crippen LogP contribution in [0.25, 0.3) is 0 Å². The summed E-state index contributed by atoms with van der Waals surface area (Å²) < 4.78 is 13.3. The van der Waals surface area contributed by atoms with E-state index in [2.05, 4.69) is 0 Å². The smallest absolute Gasteiger partial charge is 0.147 e. The van der Waals surface area contributed by atoms with Crippen LogP contribution in [0.5, 0.6) is 0 Å². The van der Waals surface area contributed by atoms with E-state index in [1.54, 1.807) is 30.3 Å². The Hall–Kier alpha value is -0.900. The standard InChI is InChI=1S/C12H8Cl2FNS/c13-7-4-5-8(14)11(6-7)17-10-3-1-2-9(15)12(10)16/h1-6H,16H2. The van der Waals surface area contributed by atoms with Gasteiger partial charge in [0.15, 0.2) is 0 Å². The van der Waals surface area contributed by atoms with Crippen LogP contribution in [0.15, 0.2) is 46.2 Å². The van der Waals surface area contributed by atoms with Crippen LogP contribution in [0, 0.1) is 5.82 Å². The van der Waals surface area contributed by atoms with Crippen molar-refractivity contribution in [2.45, 2.75) is 9.79 Å². The van der Waals surface area contributed by atoms with Crippen LogP contribution in [0.1, 0.15) is 0 Å². The van der Waals surface area contributed by atoms with Crippen molar-refractivity contribution in [3.8, 4) is 0 Å². The Morgan fingerprint density at radius 1 is 1.06 bits per heavy atom. The van der Waals surface area contributed by atoms with E-state index in [0.717, 1.165) is 4.90 Å². The number of nitrogen functional groups attached to an aromatic ring is 1. The van der Waals surface area contributed by atoms with Gasteiger partial charge in [-0.1, -0.05) is 41.0 Å². The average Bonchev–Trinajstić information content (AvgIpc) is 2.30. The van der Waals surface area contributed by atoms with Crippen LogP contribution >= 0.6 is 35.0 Å². The number of rotatable bonds is 2. The summed E-state index contributed by atoms with van der Waals surface area (Å²) in [5.74, 6) is -0.437. The highest BCUT2D eigenvalue weighted by molar-refractivity contribution is 7.99. The molecule has 0 saturated carbocycles. The Balaban J connectivity index is 2.38.